The first-order valence-corrected chi connectivity index (χ1v) is 6.75. The molecule has 1 unspecified atom stereocenters. The topological polar surface area (TPSA) is 51.2 Å². The van der Waals surface area contributed by atoms with Gasteiger partial charge in [0, 0.05) is 10.9 Å². The Morgan fingerprint density at radius 1 is 1.40 bits per heavy atom. The van der Waals surface area contributed by atoms with Crippen molar-refractivity contribution in [1.82, 2.24) is 10.3 Å². The van der Waals surface area contributed by atoms with Crippen molar-refractivity contribution in [2.24, 2.45) is 0 Å². The van der Waals surface area contributed by atoms with E-state index in [1.54, 1.807) is 36.0 Å². The number of hydrogen-bond donors (Lipinski definition) is 1. The molecule has 1 aromatic carbocycles. The number of para-hydroxylation sites is 1. The lowest BCUT2D eigenvalue weighted by atomic mass is 10.1. The fourth-order valence-electron chi connectivity index (χ4n) is 1.71. The van der Waals surface area contributed by atoms with E-state index in [4.69, 9.17) is 0 Å². The molecule has 0 aliphatic rings. The fourth-order valence-corrected chi connectivity index (χ4v) is 2.25. The second-order valence-electron chi connectivity index (χ2n) is 3.99. The van der Waals surface area contributed by atoms with E-state index in [-0.39, 0.29) is 11.7 Å². The Bertz CT molecular complexity index is 576. The normalized spacial score (nSPS) is 12.2. The number of thiazole rings is 1. The highest BCUT2D eigenvalue weighted by Gasteiger charge is 2.17. The average Bonchev–Trinajstić information content (AvgIpc) is 2.92. The number of alkyl halides is 2. The van der Waals surface area contributed by atoms with Crippen LogP contribution in [0.1, 0.15) is 29.0 Å². The minimum atomic E-state index is -2.91. The van der Waals surface area contributed by atoms with Gasteiger partial charge in [-0.3, -0.25) is 4.79 Å². The number of ether oxygens (including phenoxy) is 1. The summed E-state index contributed by atoms with van der Waals surface area (Å²) in [5, 5.41) is 4.31. The Balaban J connectivity index is 2.13. The van der Waals surface area contributed by atoms with Gasteiger partial charge in [0.1, 0.15) is 11.4 Å². The zero-order valence-corrected chi connectivity index (χ0v) is 11.4. The zero-order valence-electron chi connectivity index (χ0n) is 10.5. The quantitative estimate of drug-likeness (QED) is 0.922. The number of nitrogens with zero attached hydrogens (tertiary/aromatic N) is 1. The highest BCUT2D eigenvalue weighted by molar-refractivity contribution is 7.07. The van der Waals surface area contributed by atoms with E-state index >= 15 is 0 Å². The summed E-state index contributed by atoms with van der Waals surface area (Å²) < 4.78 is 29.1. The van der Waals surface area contributed by atoms with E-state index in [0.29, 0.717) is 11.3 Å². The van der Waals surface area contributed by atoms with Gasteiger partial charge in [0.15, 0.2) is 0 Å². The van der Waals surface area contributed by atoms with Crippen molar-refractivity contribution in [3.63, 3.8) is 0 Å². The number of nitrogens with one attached hydrogen (secondary N) is 1. The number of hydrogen-bond acceptors (Lipinski definition) is 4. The van der Waals surface area contributed by atoms with E-state index in [1.165, 1.54) is 17.4 Å². The summed E-state index contributed by atoms with van der Waals surface area (Å²) in [6, 6.07) is 5.88. The Morgan fingerprint density at radius 2 is 2.15 bits per heavy atom. The molecule has 0 bridgehead atoms. The van der Waals surface area contributed by atoms with Gasteiger partial charge in [-0.2, -0.15) is 8.78 Å². The van der Waals surface area contributed by atoms with Crippen molar-refractivity contribution in [3.05, 3.63) is 46.4 Å². The summed E-state index contributed by atoms with van der Waals surface area (Å²) in [4.78, 5) is 15.8. The van der Waals surface area contributed by atoms with Crippen LogP contribution in [0.5, 0.6) is 5.75 Å². The number of benzene rings is 1. The maximum atomic E-state index is 12.3. The molecule has 0 aliphatic carbocycles. The minimum Gasteiger partial charge on any atom is -0.434 e. The van der Waals surface area contributed by atoms with Crippen molar-refractivity contribution in [3.8, 4) is 5.75 Å². The predicted molar refractivity (Wildman–Crippen MR) is 71.1 cm³/mol. The van der Waals surface area contributed by atoms with E-state index in [2.05, 4.69) is 15.0 Å². The second-order valence-corrected chi connectivity index (χ2v) is 4.70. The molecule has 0 saturated heterocycles. The van der Waals surface area contributed by atoms with Crippen LogP contribution in [0.2, 0.25) is 0 Å². The Labute approximate surface area is 118 Å². The van der Waals surface area contributed by atoms with Gasteiger partial charge < -0.3 is 10.1 Å². The van der Waals surface area contributed by atoms with E-state index in [1.807, 2.05) is 0 Å². The summed E-state index contributed by atoms with van der Waals surface area (Å²) >= 11 is 1.31. The van der Waals surface area contributed by atoms with Crippen molar-refractivity contribution in [1.29, 1.82) is 0 Å². The second kappa shape index (κ2) is 6.42. The van der Waals surface area contributed by atoms with Crippen LogP contribution < -0.4 is 10.1 Å². The summed E-state index contributed by atoms with van der Waals surface area (Å²) in [7, 11) is 0. The Kier molecular flexibility index (Phi) is 4.62. The van der Waals surface area contributed by atoms with Crippen LogP contribution >= 0.6 is 11.3 Å². The monoisotopic (exact) mass is 298 g/mol. The third kappa shape index (κ3) is 3.51. The number of aromatic nitrogens is 1. The number of rotatable bonds is 5. The van der Waals surface area contributed by atoms with E-state index in [0.717, 1.165) is 0 Å². The maximum Gasteiger partial charge on any atom is 0.387 e. The number of carbonyl (C=O) groups excluding carboxylic acids is 1. The van der Waals surface area contributed by atoms with Crippen LogP contribution in [0.15, 0.2) is 35.2 Å². The van der Waals surface area contributed by atoms with Crippen molar-refractivity contribution >= 4 is 17.2 Å². The Morgan fingerprint density at radius 3 is 2.80 bits per heavy atom. The summed E-state index contributed by atoms with van der Waals surface area (Å²) in [6.07, 6.45) is 0. The molecule has 106 valence electrons. The molecule has 0 fully saturated rings. The lowest BCUT2D eigenvalue weighted by Gasteiger charge is -2.17. The first kappa shape index (κ1) is 14.4. The van der Waals surface area contributed by atoms with Gasteiger partial charge in [-0.05, 0) is 13.0 Å². The molecule has 20 heavy (non-hydrogen) atoms. The SMILES string of the molecule is CC(NC(=O)c1cscn1)c1ccccc1OC(F)F. The van der Waals surface area contributed by atoms with Crippen LogP contribution in [-0.2, 0) is 0 Å². The van der Waals surface area contributed by atoms with Gasteiger partial charge in [0.05, 0.1) is 11.6 Å². The molecular weight excluding hydrogens is 286 g/mol. The van der Waals surface area contributed by atoms with Crippen LogP contribution in [0, 0.1) is 0 Å². The fraction of sp³-hybridized carbons (Fsp3) is 0.231. The van der Waals surface area contributed by atoms with Crippen LogP contribution in [-0.4, -0.2) is 17.5 Å². The highest BCUT2D eigenvalue weighted by Crippen LogP contribution is 2.26. The van der Waals surface area contributed by atoms with Crippen molar-refractivity contribution < 1.29 is 18.3 Å². The summed E-state index contributed by atoms with van der Waals surface area (Å²) in [5.74, 6) is -0.306. The molecule has 7 heteroatoms. The third-order valence-corrected chi connectivity index (χ3v) is 3.20. The van der Waals surface area contributed by atoms with Gasteiger partial charge >= 0.3 is 6.61 Å². The number of carbonyl (C=O) groups is 1. The lowest BCUT2D eigenvalue weighted by Crippen LogP contribution is -2.27. The smallest absolute Gasteiger partial charge is 0.387 e. The molecule has 0 aliphatic heterocycles. The Hall–Kier alpha value is -2.02. The molecule has 0 saturated carbocycles. The van der Waals surface area contributed by atoms with Gasteiger partial charge in [-0.25, -0.2) is 4.98 Å². The molecule has 1 amide bonds. The van der Waals surface area contributed by atoms with Gasteiger partial charge in [0.2, 0.25) is 0 Å². The molecule has 1 heterocycles. The molecule has 4 nitrogen and oxygen atoms in total. The molecular formula is C13H12F2N2O2S. The molecule has 1 aromatic heterocycles. The largest absolute Gasteiger partial charge is 0.434 e. The van der Waals surface area contributed by atoms with Gasteiger partial charge in [-0.1, -0.05) is 18.2 Å². The van der Waals surface area contributed by atoms with Crippen LogP contribution in [0.4, 0.5) is 8.78 Å². The molecule has 2 aromatic rings. The number of amides is 1. The first-order valence-electron chi connectivity index (χ1n) is 5.80. The summed E-state index contributed by atoms with van der Waals surface area (Å²) in [6.45, 7) is -1.21. The number of halogens is 2. The molecule has 0 spiro atoms. The van der Waals surface area contributed by atoms with Crippen molar-refractivity contribution in [2.45, 2.75) is 19.6 Å². The summed E-state index contributed by atoms with van der Waals surface area (Å²) in [5.41, 5.74) is 2.33. The predicted octanol–water partition coefficient (Wildman–Crippen LogP) is 3.24. The molecule has 1 atom stereocenters. The third-order valence-electron chi connectivity index (χ3n) is 2.61. The standard InChI is InChI=1S/C13H12F2N2O2S/c1-8(17-12(18)10-6-20-7-16-10)9-4-2-3-5-11(9)19-13(14)15/h2-8,13H,1H3,(H,17,18). The average molecular weight is 298 g/mol. The lowest BCUT2D eigenvalue weighted by molar-refractivity contribution is -0.0506. The highest BCUT2D eigenvalue weighted by atomic mass is 32.1. The van der Waals surface area contributed by atoms with Crippen LogP contribution in [0.3, 0.4) is 0 Å². The maximum absolute atomic E-state index is 12.3. The van der Waals surface area contributed by atoms with E-state index < -0.39 is 12.7 Å². The van der Waals surface area contributed by atoms with Crippen LogP contribution in [0.25, 0.3) is 0 Å². The van der Waals surface area contributed by atoms with E-state index in [9.17, 15) is 13.6 Å². The zero-order chi connectivity index (χ0) is 14.5. The minimum absolute atomic E-state index is 0.0496. The van der Waals surface area contributed by atoms with Gasteiger partial charge in [0.25, 0.3) is 5.91 Å². The van der Waals surface area contributed by atoms with Crippen molar-refractivity contribution in [2.75, 3.05) is 0 Å². The van der Waals surface area contributed by atoms with Gasteiger partial charge in [-0.15, -0.1) is 11.3 Å². The molecule has 1 N–H and O–H groups in total. The molecule has 0 radical (unpaired) electrons. The first-order chi connectivity index (χ1) is 9.58. The molecule has 2 rings (SSSR count).